The Kier molecular flexibility index (Phi) is 6.99. The van der Waals surface area contributed by atoms with Crippen LogP contribution in [0, 0.1) is 0 Å². The Hall–Kier alpha value is -3.17. The number of amides is 2. The van der Waals surface area contributed by atoms with E-state index in [9.17, 15) is 9.59 Å². The second kappa shape index (κ2) is 9.85. The monoisotopic (exact) mass is 425 g/mol. The van der Waals surface area contributed by atoms with Crippen LogP contribution in [0.1, 0.15) is 29.4 Å². The second-order valence-electron chi connectivity index (χ2n) is 5.96. The van der Waals surface area contributed by atoms with Crippen molar-refractivity contribution in [1.29, 1.82) is 0 Å². The lowest BCUT2D eigenvalue weighted by atomic mass is 10.2. The number of nitrogens with zero attached hydrogens (tertiary/aromatic N) is 2. The van der Waals surface area contributed by atoms with Crippen molar-refractivity contribution in [3.8, 4) is 11.4 Å². The van der Waals surface area contributed by atoms with E-state index in [0.717, 1.165) is 5.69 Å². The lowest BCUT2D eigenvalue weighted by molar-refractivity contribution is -0.120. The number of carbonyl (C=O) groups excluding carboxylic acids is 2. The van der Waals surface area contributed by atoms with Crippen LogP contribution in [0.3, 0.4) is 0 Å². The number of pyridine rings is 1. The van der Waals surface area contributed by atoms with Crippen molar-refractivity contribution < 1.29 is 9.59 Å². The molecule has 3 N–H and O–H groups in total. The molecule has 1 aromatic carbocycles. The van der Waals surface area contributed by atoms with Gasteiger partial charge in [0.2, 0.25) is 5.91 Å². The van der Waals surface area contributed by atoms with E-state index in [0.29, 0.717) is 35.0 Å². The van der Waals surface area contributed by atoms with Gasteiger partial charge in [0.25, 0.3) is 5.91 Å². The predicted molar refractivity (Wildman–Crippen MR) is 118 cm³/mol. The number of thiazole rings is 1. The zero-order valence-corrected chi connectivity index (χ0v) is 17.3. The molecule has 29 heavy (non-hydrogen) atoms. The highest BCUT2D eigenvalue weighted by Crippen LogP contribution is 2.23. The van der Waals surface area contributed by atoms with E-state index in [4.69, 9.17) is 12.2 Å². The van der Waals surface area contributed by atoms with Gasteiger partial charge in [-0.25, -0.2) is 9.97 Å². The Balaban J connectivity index is 1.61. The smallest absolute Gasteiger partial charge is 0.257 e. The average Bonchev–Trinajstić information content (AvgIpc) is 3.21. The van der Waals surface area contributed by atoms with Crippen molar-refractivity contribution in [3.05, 3.63) is 65.2 Å². The third kappa shape index (κ3) is 5.90. The fraction of sp³-hybridized carbons (Fsp3) is 0.150. The Morgan fingerprint density at radius 1 is 1.03 bits per heavy atom. The van der Waals surface area contributed by atoms with Crippen LogP contribution in [0.2, 0.25) is 0 Å². The van der Waals surface area contributed by atoms with Gasteiger partial charge in [-0.05, 0) is 36.5 Å². The molecule has 9 heteroatoms. The summed E-state index contributed by atoms with van der Waals surface area (Å²) in [6.45, 7) is 2.17. The van der Waals surface area contributed by atoms with Crippen LogP contribution < -0.4 is 16.0 Å². The highest BCUT2D eigenvalue weighted by molar-refractivity contribution is 7.80. The van der Waals surface area contributed by atoms with Crippen molar-refractivity contribution in [3.63, 3.8) is 0 Å². The number of aromatic nitrogens is 2. The molecular formula is C20H19N5O2S2. The topological polar surface area (TPSA) is 96.0 Å². The van der Waals surface area contributed by atoms with Crippen molar-refractivity contribution >= 4 is 45.6 Å². The van der Waals surface area contributed by atoms with Crippen LogP contribution in [0.15, 0.2) is 53.9 Å². The number of rotatable bonds is 6. The lowest BCUT2D eigenvalue weighted by Crippen LogP contribution is -2.34. The lowest BCUT2D eigenvalue weighted by Gasteiger charge is -2.07. The molecule has 0 aliphatic rings. The molecule has 7 nitrogen and oxygen atoms in total. The molecule has 3 aromatic rings. The molecule has 2 amide bonds. The maximum atomic E-state index is 12.1. The molecule has 0 atom stereocenters. The van der Waals surface area contributed by atoms with Crippen molar-refractivity contribution in [1.82, 2.24) is 20.6 Å². The van der Waals surface area contributed by atoms with Gasteiger partial charge in [0.1, 0.15) is 5.69 Å². The van der Waals surface area contributed by atoms with Crippen LogP contribution in [0.4, 0.5) is 5.13 Å². The summed E-state index contributed by atoms with van der Waals surface area (Å²) in [4.78, 5) is 32.6. The summed E-state index contributed by atoms with van der Waals surface area (Å²) in [5.74, 6) is -0.313. The Morgan fingerprint density at radius 3 is 2.59 bits per heavy atom. The minimum atomic E-state index is -0.289. The van der Waals surface area contributed by atoms with E-state index in [1.807, 2.05) is 29.6 Å². The largest absolute Gasteiger partial charge is 0.350 e. The Bertz CT molecular complexity index is 1020. The van der Waals surface area contributed by atoms with Crippen LogP contribution in [0.5, 0.6) is 0 Å². The molecule has 3 rings (SSSR count). The molecule has 0 spiro atoms. The molecule has 0 saturated heterocycles. The Morgan fingerprint density at radius 2 is 1.83 bits per heavy atom. The SMILES string of the molecule is CCC(=O)NCc1cccc(-c2csc(NC(=S)NC(=O)c3ccccc3)n2)n1. The maximum absolute atomic E-state index is 12.1. The van der Waals surface area contributed by atoms with E-state index in [1.165, 1.54) is 11.3 Å². The normalized spacial score (nSPS) is 10.2. The number of benzene rings is 1. The average molecular weight is 426 g/mol. The number of carbonyl (C=O) groups is 2. The molecule has 2 aromatic heterocycles. The van der Waals surface area contributed by atoms with Gasteiger partial charge in [0.05, 0.1) is 17.9 Å². The molecule has 148 valence electrons. The zero-order valence-electron chi connectivity index (χ0n) is 15.6. The molecule has 2 heterocycles. The van der Waals surface area contributed by atoms with E-state index >= 15 is 0 Å². The first-order valence-electron chi connectivity index (χ1n) is 8.91. The number of hydrogen-bond acceptors (Lipinski definition) is 6. The third-order valence-electron chi connectivity index (χ3n) is 3.84. The highest BCUT2D eigenvalue weighted by atomic mass is 32.1. The maximum Gasteiger partial charge on any atom is 0.257 e. The number of hydrogen-bond donors (Lipinski definition) is 3. The van der Waals surface area contributed by atoms with E-state index in [1.54, 1.807) is 31.2 Å². The summed E-state index contributed by atoms with van der Waals surface area (Å²) in [5.41, 5.74) is 2.64. The zero-order chi connectivity index (χ0) is 20.6. The molecular weight excluding hydrogens is 406 g/mol. The molecule has 0 aliphatic heterocycles. The Labute approximate surface area is 177 Å². The summed E-state index contributed by atoms with van der Waals surface area (Å²) in [6, 6.07) is 14.4. The fourth-order valence-corrected chi connectivity index (χ4v) is 3.34. The van der Waals surface area contributed by atoms with Crippen LogP contribution in [-0.2, 0) is 11.3 Å². The number of anilines is 1. The molecule has 0 radical (unpaired) electrons. The summed E-state index contributed by atoms with van der Waals surface area (Å²) >= 11 is 6.55. The van der Waals surface area contributed by atoms with E-state index in [-0.39, 0.29) is 16.9 Å². The van der Waals surface area contributed by atoms with E-state index in [2.05, 4.69) is 25.9 Å². The summed E-state index contributed by atoms with van der Waals surface area (Å²) in [6.07, 6.45) is 0.432. The van der Waals surface area contributed by atoms with E-state index < -0.39 is 0 Å². The van der Waals surface area contributed by atoms with Crippen molar-refractivity contribution in [2.24, 2.45) is 0 Å². The first kappa shape index (κ1) is 20.6. The molecule has 0 saturated carbocycles. The number of nitrogens with one attached hydrogen (secondary N) is 3. The molecule has 0 aliphatic carbocycles. The van der Waals surface area contributed by atoms with Gasteiger partial charge < -0.3 is 10.6 Å². The van der Waals surface area contributed by atoms with Gasteiger partial charge in [-0.2, -0.15) is 0 Å². The molecule has 0 bridgehead atoms. The highest BCUT2D eigenvalue weighted by Gasteiger charge is 2.11. The molecule has 0 unspecified atom stereocenters. The fourth-order valence-electron chi connectivity index (χ4n) is 2.38. The summed E-state index contributed by atoms with van der Waals surface area (Å²) in [5, 5.41) is 10.9. The van der Waals surface area contributed by atoms with Crippen molar-refractivity contribution in [2.75, 3.05) is 5.32 Å². The number of thiocarbonyl (C=S) groups is 1. The predicted octanol–water partition coefficient (Wildman–Crippen LogP) is 3.36. The van der Waals surface area contributed by atoms with Gasteiger partial charge in [-0.15, -0.1) is 11.3 Å². The van der Waals surface area contributed by atoms with Gasteiger partial charge in [-0.3, -0.25) is 14.9 Å². The standard InChI is InChI=1S/C20H19N5O2S2/c1-2-17(26)21-11-14-9-6-10-15(22-14)16-12-29-20(23-16)25-19(28)24-18(27)13-7-4-3-5-8-13/h3-10,12H,2,11H2,1H3,(H,21,26)(H2,23,24,25,27,28). The van der Waals surface area contributed by atoms with Gasteiger partial charge >= 0.3 is 0 Å². The van der Waals surface area contributed by atoms with Crippen molar-refractivity contribution in [2.45, 2.75) is 19.9 Å². The first-order valence-corrected chi connectivity index (χ1v) is 10.2. The summed E-state index contributed by atoms with van der Waals surface area (Å²) in [7, 11) is 0. The minimum Gasteiger partial charge on any atom is -0.350 e. The minimum absolute atomic E-state index is 0.0246. The van der Waals surface area contributed by atoms with Gasteiger partial charge in [0.15, 0.2) is 10.2 Å². The van der Waals surface area contributed by atoms with Crippen LogP contribution in [0.25, 0.3) is 11.4 Å². The van der Waals surface area contributed by atoms with Gasteiger partial charge in [0, 0.05) is 17.4 Å². The molecule has 0 fully saturated rings. The quantitative estimate of drug-likeness (QED) is 0.524. The summed E-state index contributed by atoms with van der Waals surface area (Å²) < 4.78 is 0. The van der Waals surface area contributed by atoms with Gasteiger partial charge in [-0.1, -0.05) is 31.2 Å². The van der Waals surface area contributed by atoms with Crippen LogP contribution in [-0.4, -0.2) is 26.9 Å². The second-order valence-corrected chi connectivity index (χ2v) is 7.22. The third-order valence-corrected chi connectivity index (χ3v) is 4.81. The van der Waals surface area contributed by atoms with Crippen LogP contribution >= 0.6 is 23.6 Å². The first-order chi connectivity index (χ1) is 14.0.